The first-order chi connectivity index (χ1) is 16.0. The molecule has 1 aromatic heterocycles. The molecule has 0 fully saturated rings. The van der Waals surface area contributed by atoms with E-state index < -0.39 is 6.04 Å². The van der Waals surface area contributed by atoms with Gasteiger partial charge in [0.05, 0.1) is 33.2 Å². The van der Waals surface area contributed by atoms with Gasteiger partial charge in [-0.2, -0.15) is 0 Å². The lowest BCUT2D eigenvalue weighted by Crippen LogP contribution is -2.38. The fraction of sp³-hybridized carbons (Fsp3) is 0.192. The minimum absolute atomic E-state index is 0.169. The highest BCUT2D eigenvalue weighted by molar-refractivity contribution is 9.10. The molecular weight excluding hydrogens is 502 g/mol. The minimum atomic E-state index is -0.431. The standard InChI is InChI=1S/C26H23BrClN3O2/c1-3-23(30(4-2)25(32)19-9-5-7-11-21(19)28)24-29-22-12-8-6-10-20(22)26(33)31(24)18-15-13-17(27)14-16-18/h5-16,23H,3-4H2,1-2H3. The largest absolute Gasteiger partial charge is 0.329 e. The third-order valence-corrected chi connectivity index (χ3v) is 6.51. The average molecular weight is 525 g/mol. The molecule has 4 aromatic rings. The second-order valence-corrected chi connectivity index (χ2v) is 8.92. The van der Waals surface area contributed by atoms with Gasteiger partial charge in [-0.25, -0.2) is 4.98 Å². The van der Waals surface area contributed by atoms with Gasteiger partial charge in [-0.3, -0.25) is 14.2 Å². The van der Waals surface area contributed by atoms with Crippen LogP contribution in [0.15, 0.2) is 82.1 Å². The fourth-order valence-corrected chi connectivity index (χ4v) is 4.53. The first kappa shape index (κ1) is 23.2. The van der Waals surface area contributed by atoms with Crippen LogP contribution in [-0.2, 0) is 0 Å². The molecule has 33 heavy (non-hydrogen) atoms. The molecule has 3 aromatic carbocycles. The Morgan fingerprint density at radius 3 is 2.36 bits per heavy atom. The Morgan fingerprint density at radius 2 is 1.70 bits per heavy atom. The third-order valence-electron chi connectivity index (χ3n) is 5.65. The van der Waals surface area contributed by atoms with Crippen molar-refractivity contribution in [2.45, 2.75) is 26.3 Å². The van der Waals surface area contributed by atoms with E-state index in [1.807, 2.05) is 56.3 Å². The van der Waals surface area contributed by atoms with Crippen molar-refractivity contribution in [3.05, 3.63) is 104 Å². The van der Waals surface area contributed by atoms with Crippen LogP contribution in [0.5, 0.6) is 0 Å². The Balaban J connectivity index is 1.95. The van der Waals surface area contributed by atoms with Gasteiger partial charge in [-0.15, -0.1) is 0 Å². The summed E-state index contributed by atoms with van der Waals surface area (Å²) in [5.41, 5.74) is 1.55. The summed E-state index contributed by atoms with van der Waals surface area (Å²) >= 11 is 9.79. The van der Waals surface area contributed by atoms with Gasteiger partial charge in [-0.1, -0.05) is 58.7 Å². The van der Waals surface area contributed by atoms with Gasteiger partial charge in [0.2, 0.25) is 0 Å². The Kier molecular flexibility index (Phi) is 6.96. The van der Waals surface area contributed by atoms with E-state index in [4.69, 9.17) is 16.6 Å². The second-order valence-electron chi connectivity index (χ2n) is 7.60. The molecule has 168 valence electrons. The van der Waals surface area contributed by atoms with Crippen LogP contribution in [0.2, 0.25) is 5.02 Å². The van der Waals surface area contributed by atoms with E-state index in [1.165, 1.54) is 0 Å². The molecule has 0 N–H and O–H groups in total. The lowest BCUT2D eigenvalue weighted by atomic mass is 10.1. The highest BCUT2D eigenvalue weighted by atomic mass is 79.9. The number of para-hydroxylation sites is 1. The van der Waals surface area contributed by atoms with E-state index in [-0.39, 0.29) is 11.5 Å². The molecule has 1 unspecified atom stereocenters. The van der Waals surface area contributed by atoms with Crippen molar-refractivity contribution in [3.63, 3.8) is 0 Å². The zero-order valence-electron chi connectivity index (χ0n) is 18.3. The topological polar surface area (TPSA) is 55.2 Å². The monoisotopic (exact) mass is 523 g/mol. The zero-order valence-corrected chi connectivity index (χ0v) is 20.7. The Bertz CT molecular complexity index is 1370. The number of benzene rings is 3. The van der Waals surface area contributed by atoms with Gasteiger partial charge in [0.25, 0.3) is 11.5 Å². The number of hydrogen-bond donors (Lipinski definition) is 0. The Labute approximate surface area is 205 Å². The van der Waals surface area contributed by atoms with Gasteiger partial charge in [0.1, 0.15) is 5.82 Å². The molecule has 0 spiro atoms. The molecule has 0 saturated heterocycles. The van der Waals surface area contributed by atoms with Crippen LogP contribution in [0.25, 0.3) is 16.6 Å². The predicted octanol–water partition coefficient (Wildman–Crippen LogP) is 6.42. The molecule has 7 heteroatoms. The SMILES string of the molecule is CCC(c1nc2ccccc2c(=O)n1-c1ccc(Br)cc1)N(CC)C(=O)c1ccccc1Cl. The number of fused-ring (bicyclic) bond motifs is 1. The minimum Gasteiger partial charge on any atom is -0.329 e. The number of halogens is 2. The molecule has 0 bridgehead atoms. The van der Waals surface area contributed by atoms with Crippen molar-refractivity contribution < 1.29 is 4.79 Å². The van der Waals surface area contributed by atoms with Crippen LogP contribution < -0.4 is 5.56 Å². The number of carbonyl (C=O) groups is 1. The van der Waals surface area contributed by atoms with Gasteiger partial charge >= 0.3 is 0 Å². The maximum Gasteiger partial charge on any atom is 0.266 e. The highest BCUT2D eigenvalue weighted by Crippen LogP contribution is 2.29. The van der Waals surface area contributed by atoms with E-state index in [2.05, 4.69) is 15.9 Å². The van der Waals surface area contributed by atoms with Crippen LogP contribution in [0.4, 0.5) is 0 Å². The molecule has 0 radical (unpaired) electrons. The van der Waals surface area contributed by atoms with Crippen molar-refractivity contribution in [3.8, 4) is 5.69 Å². The van der Waals surface area contributed by atoms with Crippen LogP contribution in [0, 0.1) is 0 Å². The van der Waals surface area contributed by atoms with E-state index in [0.717, 1.165) is 4.47 Å². The molecule has 0 aliphatic rings. The average Bonchev–Trinajstić information content (AvgIpc) is 2.83. The molecular formula is C26H23BrClN3O2. The number of hydrogen-bond acceptors (Lipinski definition) is 3. The Hall–Kier alpha value is -2.96. The quantitative estimate of drug-likeness (QED) is 0.293. The lowest BCUT2D eigenvalue weighted by molar-refractivity contribution is 0.0672. The van der Waals surface area contributed by atoms with Crippen molar-refractivity contribution in [1.82, 2.24) is 14.5 Å². The fourth-order valence-electron chi connectivity index (χ4n) is 4.05. The summed E-state index contributed by atoms with van der Waals surface area (Å²) in [6.45, 7) is 4.34. The highest BCUT2D eigenvalue weighted by Gasteiger charge is 2.29. The van der Waals surface area contributed by atoms with E-state index >= 15 is 0 Å². The van der Waals surface area contributed by atoms with Crippen molar-refractivity contribution in [1.29, 1.82) is 0 Å². The van der Waals surface area contributed by atoms with Gasteiger partial charge in [0, 0.05) is 11.0 Å². The summed E-state index contributed by atoms with van der Waals surface area (Å²) in [5, 5.41) is 0.923. The number of carbonyl (C=O) groups excluding carboxylic acids is 1. The smallest absolute Gasteiger partial charge is 0.266 e. The summed E-state index contributed by atoms with van der Waals surface area (Å²) in [5.74, 6) is 0.325. The predicted molar refractivity (Wildman–Crippen MR) is 136 cm³/mol. The van der Waals surface area contributed by atoms with Crippen LogP contribution >= 0.6 is 27.5 Å². The number of rotatable bonds is 6. The summed E-state index contributed by atoms with van der Waals surface area (Å²) in [7, 11) is 0. The summed E-state index contributed by atoms with van der Waals surface area (Å²) < 4.78 is 2.52. The normalized spacial score (nSPS) is 12.0. The molecule has 0 aliphatic carbocycles. The zero-order chi connectivity index (χ0) is 23.5. The molecule has 0 saturated carbocycles. The van der Waals surface area contributed by atoms with Crippen molar-refractivity contribution >= 4 is 44.3 Å². The van der Waals surface area contributed by atoms with E-state index in [9.17, 15) is 9.59 Å². The maximum absolute atomic E-state index is 13.6. The molecule has 1 heterocycles. The number of amides is 1. The molecule has 1 amide bonds. The van der Waals surface area contributed by atoms with Gasteiger partial charge in [-0.05, 0) is 61.9 Å². The van der Waals surface area contributed by atoms with Crippen LogP contribution in [0.1, 0.15) is 42.5 Å². The molecule has 4 rings (SSSR count). The summed E-state index contributed by atoms with van der Waals surface area (Å²) in [6, 6.07) is 21.4. The molecule has 0 aliphatic heterocycles. The van der Waals surface area contributed by atoms with Crippen molar-refractivity contribution in [2.75, 3.05) is 6.54 Å². The number of aromatic nitrogens is 2. The summed E-state index contributed by atoms with van der Waals surface area (Å²) in [6.07, 6.45) is 0.575. The van der Waals surface area contributed by atoms with Gasteiger partial charge in [0.15, 0.2) is 0 Å². The lowest BCUT2D eigenvalue weighted by Gasteiger charge is -2.31. The Morgan fingerprint density at radius 1 is 1.03 bits per heavy atom. The van der Waals surface area contributed by atoms with E-state index in [1.54, 1.807) is 39.8 Å². The van der Waals surface area contributed by atoms with Crippen LogP contribution in [0.3, 0.4) is 0 Å². The third kappa shape index (κ3) is 4.45. The summed E-state index contributed by atoms with van der Waals surface area (Å²) in [4.78, 5) is 33.8. The second kappa shape index (κ2) is 9.89. The number of nitrogens with zero attached hydrogens (tertiary/aromatic N) is 3. The first-order valence-electron chi connectivity index (χ1n) is 10.8. The van der Waals surface area contributed by atoms with Crippen LogP contribution in [-0.4, -0.2) is 26.9 Å². The maximum atomic E-state index is 13.6. The molecule has 5 nitrogen and oxygen atoms in total. The van der Waals surface area contributed by atoms with Crippen molar-refractivity contribution in [2.24, 2.45) is 0 Å². The molecule has 1 atom stereocenters. The van der Waals surface area contributed by atoms with E-state index in [0.29, 0.717) is 46.0 Å². The first-order valence-corrected chi connectivity index (χ1v) is 12.0. The van der Waals surface area contributed by atoms with Gasteiger partial charge < -0.3 is 4.90 Å².